The minimum absolute atomic E-state index is 0.281. The van der Waals surface area contributed by atoms with Crippen LogP contribution in [0.3, 0.4) is 0 Å². The molecule has 0 saturated heterocycles. The third-order valence-electron chi connectivity index (χ3n) is 3.63. The predicted octanol–water partition coefficient (Wildman–Crippen LogP) is 3.24. The number of nitrogens with one attached hydrogen (secondary N) is 1. The molecule has 21 heavy (non-hydrogen) atoms. The highest BCUT2D eigenvalue weighted by molar-refractivity contribution is 5.78. The Labute approximate surface area is 122 Å². The number of benzene rings is 2. The van der Waals surface area contributed by atoms with Crippen molar-refractivity contribution < 1.29 is 4.39 Å². The van der Waals surface area contributed by atoms with Crippen LogP contribution in [0.4, 0.5) is 4.39 Å². The molecule has 0 radical (unpaired) electrons. The molecule has 2 aromatic carbocycles. The largest absolute Gasteiger partial charge is 0.271 e. The highest BCUT2D eigenvalue weighted by Crippen LogP contribution is 2.25. The number of hydrogen-bond acceptors (Lipinski definition) is 3. The summed E-state index contributed by atoms with van der Waals surface area (Å²) >= 11 is 0. The number of hydrazine groups is 1. The Morgan fingerprint density at radius 1 is 1.10 bits per heavy atom. The minimum atomic E-state index is -0.342. The summed E-state index contributed by atoms with van der Waals surface area (Å²) in [7, 11) is 0. The van der Waals surface area contributed by atoms with Crippen molar-refractivity contribution in [1.29, 1.82) is 0 Å². The van der Waals surface area contributed by atoms with E-state index >= 15 is 0 Å². The van der Waals surface area contributed by atoms with Crippen LogP contribution >= 0.6 is 0 Å². The van der Waals surface area contributed by atoms with E-state index in [9.17, 15) is 4.39 Å². The first-order valence-electron chi connectivity index (χ1n) is 6.77. The van der Waals surface area contributed by atoms with E-state index in [0.29, 0.717) is 0 Å². The number of nitrogens with two attached hydrogens (primary N) is 1. The lowest BCUT2D eigenvalue weighted by molar-refractivity contribution is 0.596. The number of aryl methyl sites for hydroxylation is 1. The second kappa shape index (κ2) is 5.60. The van der Waals surface area contributed by atoms with Crippen LogP contribution in [-0.4, -0.2) is 4.98 Å². The molecule has 1 heterocycles. The van der Waals surface area contributed by atoms with Gasteiger partial charge >= 0.3 is 0 Å². The van der Waals surface area contributed by atoms with Crippen molar-refractivity contribution >= 4 is 10.9 Å². The zero-order valence-electron chi connectivity index (χ0n) is 11.7. The molecule has 3 nitrogen and oxygen atoms in total. The van der Waals surface area contributed by atoms with Crippen LogP contribution in [-0.2, 0) is 0 Å². The maximum absolute atomic E-state index is 13.5. The monoisotopic (exact) mass is 281 g/mol. The summed E-state index contributed by atoms with van der Waals surface area (Å²) in [5, 5.41) is 1.06. The third kappa shape index (κ3) is 2.63. The molecular weight excluding hydrogens is 265 g/mol. The highest BCUT2D eigenvalue weighted by Gasteiger charge is 2.17. The summed E-state index contributed by atoms with van der Waals surface area (Å²) in [4.78, 5) is 4.63. The lowest BCUT2D eigenvalue weighted by Gasteiger charge is -2.18. The number of fused-ring (bicyclic) bond motifs is 1. The van der Waals surface area contributed by atoms with E-state index in [0.717, 1.165) is 27.7 Å². The van der Waals surface area contributed by atoms with Gasteiger partial charge in [-0.05, 0) is 42.3 Å². The van der Waals surface area contributed by atoms with Crippen molar-refractivity contribution in [3.63, 3.8) is 0 Å². The highest BCUT2D eigenvalue weighted by atomic mass is 19.1. The van der Waals surface area contributed by atoms with Gasteiger partial charge in [0.25, 0.3) is 0 Å². The second-order valence-electron chi connectivity index (χ2n) is 5.03. The predicted molar refractivity (Wildman–Crippen MR) is 82.0 cm³/mol. The van der Waals surface area contributed by atoms with Crippen LogP contribution in [0, 0.1) is 12.7 Å². The minimum Gasteiger partial charge on any atom is -0.271 e. The van der Waals surface area contributed by atoms with E-state index in [-0.39, 0.29) is 11.9 Å². The van der Waals surface area contributed by atoms with Crippen LogP contribution < -0.4 is 11.3 Å². The fraction of sp³-hybridized carbons (Fsp3) is 0.118. The van der Waals surface area contributed by atoms with E-state index in [1.54, 1.807) is 6.07 Å². The van der Waals surface area contributed by atoms with Crippen molar-refractivity contribution in [3.05, 3.63) is 77.2 Å². The van der Waals surface area contributed by atoms with Crippen LogP contribution in [0.1, 0.15) is 22.9 Å². The van der Waals surface area contributed by atoms with Gasteiger partial charge in [0.1, 0.15) is 5.82 Å². The Hall–Kier alpha value is -2.30. The van der Waals surface area contributed by atoms with Crippen molar-refractivity contribution in [1.82, 2.24) is 10.4 Å². The van der Waals surface area contributed by atoms with Gasteiger partial charge in [-0.25, -0.2) is 9.82 Å². The fourth-order valence-corrected chi connectivity index (χ4v) is 2.50. The van der Waals surface area contributed by atoms with Gasteiger partial charge in [-0.15, -0.1) is 0 Å². The average molecular weight is 281 g/mol. The van der Waals surface area contributed by atoms with Crippen LogP contribution in [0.25, 0.3) is 10.9 Å². The Kier molecular flexibility index (Phi) is 3.64. The summed E-state index contributed by atoms with van der Waals surface area (Å²) < 4.78 is 13.5. The van der Waals surface area contributed by atoms with Gasteiger partial charge in [-0.1, -0.05) is 30.3 Å². The number of nitrogens with zero attached hydrogens (tertiary/aromatic N) is 1. The van der Waals surface area contributed by atoms with E-state index < -0.39 is 0 Å². The van der Waals surface area contributed by atoms with Crippen molar-refractivity contribution in [2.24, 2.45) is 5.84 Å². The Bertz CT molecular complexity index is 786. The molecule has 0 saturated carbocycles. The van der Waals surface area contributed by atoms with Gasteiger partial charge < -0.3 is 0 Å². The fourth-order valence-electron chi connectivity index (χ4n) is 2.50. The van der Waals surface area contributed by atoms with Crippen molar-refractivity contribution in [2.75, 3.05) is 0 Å². The molecule has 1 unspecified atom stereocenters. The van der Waals surface area contributed by atoms with Gasteiger partial charge in [0.2, 0.25) is 0 Å². The van der Waals surface area contributed by atoms with Crippen LogP contribution in [0.15, 0.2) is 54.6 Å². The molecular formula is C17H16FN3. The van der Waals surface area contributed by atoms with Gasteiger partial charge in [0, 0.05) is 5.39 Å². The molecule has 0 bridgehead atoms. The molecule has 106 valence electrons. The molecule has 3 aromatic rings. The molecule has 0 aliphatic heterocycles. The second-order valence-corrected chi connectivity index (χ2v) is 5.03. The molecule has 3 N–H and O–H groups in total. The van der Waals surface area contributed by atoms with E-state index in [1.807, 2.05) is 43.3 Å². The maximum Gasteiger partial charge on any atom is 0.123 e. The summed E-state index contributed by atoms with van der Waals surface area (Å²) in [5.41, 5.74) is 6.16. The Balaban J connectivity index is 2.11. The first-order chi connectivity index (χ1) is 10.2. The van der Waals surface area contributed by atoms with Gasteiger partial charge in [0.05, 0.1) is 17.3 Å². The van der Waals surface area contributed by atoms with Gasteiger partial charge in [-0.2, -0.15) is 0 Å². The summed E-state index contributed by atoms with van der Waals surface area (Å²) in [6.07, 6.45) is 0. The van der Waals surface area contributed by atoms with Crippen LogP contribution in [0.5, 0.6) is 0 Å². The lowest BCUT2D eigenvalue weighted by atomic mass is 9.98. The number of para-hydroxylation sites is 1. The molecule has 0 amide bonds. The molecule has 3 rings (SSSR count). The quantitative estimate of drug-likeness (QED) is 0.572. The molecule has 0 aliphatic carbocycles. The van der Waals surface area contributed by atoms with Crippen LogP contribution in [0.2, 0.25) is 0 Å². The average Bonchev–Trinajstić information content (AvgIpc) is 2.51. The van der Waals surface area contributed by atoms with E-state index in [4.69, 9.17) is 5.84 Å². The number of halogens is 1. The molecule has 0 spiro atoms. The third-order valence-corrected chi connectivity index (χ3v) is 3.63. The molecule has 1 aromatic heterocycles. The first-order valence-corrected chi connectivity index (χ1v) is 6.77. The summed E-state index contributed by atoms with van der Waals surface area (Å²) in [5.74, 6) is 5.41. The van der Waals surface area contributed by atoms with E-state index in [1.165, 1.54) is 12.1 Å². The number of hydrogen-bond donors (Lipinski definition) is 2. The first kappa shape index (κ1) is 13.7. The normalized spacial score (nSPS) is 12.5. The summed E-state index contributed by atoms with van der Waals surface area (Å²) in [6.45, 7) is 1.93. The molecule has 1 atom stereocenters. The Morgan fingerprint density at radius 3 is 2.71 bits per heavy atom. The van der Waals surface area contributed by atoms with Gasteiger partial charge in [0.15, 0.2) is 0 Å². The summed E-state index contributed by atoms with van der Waals surface area (Å²) in [6, 6.07) is 16.1. The molecule has 0 fully saturated rings. The molecule has 0 aliphatic rings. The zero-order chi connectivity index (χ0) is 14.8. The number of pyridine rings is 1. The number of rotatable bonds is 3. The smallest absolute Gasteiger partial charge is 0.123 e. The Morgan fingerprint density at radius 2 is 1.90 bits per heavy atom. The van der Waals surface area contributed by atoms with E-state index in [2.05, 4.69) is 10.4 Å². The zero-order valence-corrected chi connectivity index (χ0v) is 11.7. The van der Waals surface area contributed by atoms with Crippen molar-refractivity contribution in [3.8, 4) is 0 Å². The maximum atomic E-state index is 13.5. The molecule has 4 heteroatoms. The lowest BCUT2D eigenvalue weighted by Crippen LogP contribution is -2.30. The number of aromatic nitrogens is 1. The standard InChI is InChI=1S/C17H16FN3/c1-11-6-8-13(18)10-14(11)17(21-19)16-9-7-12-4-2-3-5-15(12)20-16/h2-10,17,21H,19H2,1H3. The van der Waals surface area contributed by atoms with Crippen molar-refractivity contribution in [2.45, 2.75) is 13.0 Å². The topological polar surface area (TPSA) is 50.9 Å². The SMILES string of the molecule is Cc1ccc(F)cc1C(NN)c1ccc2ccccc2n1. The van der Waals surface area contributed by atoms with Gasteiger partial charge in [-0.3, -0.25) is 10.8 Å².